The Morgan fingerprint density at radius 2 is 2.05 bits per heavy atom. The van der Waals surface area contributed by atoms with E-state index in [0.717, 1.165) is 12.8 Å². The first-order valence-electron chi connectivity index (χ1n) is 7.28. The molecule has 1 aromatic rings. The molecule has 4 heteroatoms. The van der Waals surface area contributed by atoms with Crippen LogP contribution in [0.5, 0.6) is 0 Å². The summed E-state index contributed by atoms with van der Waals surface area (Å²) in [4.78, 5) is 25.6. The van der Waals surface area contributed by atoms with Crippen LogP contribution in [-0.2, 0) is 16.0 Å². The van der Waals surface area contributed by atoms with Gasteiger partial charge in [-0.15, -0.1) is 0 Å². The van der Waals surface area contributed by atoms with Gasteiger partial charge >= 0.3 is 0 Å². The van der Waals surface area contributed by atoms with Crippen molar-refractivity contribution in [2.24, 2.45) is 5.92 Å². The number of piperidine rings is 1. The molecule has 1 N–H and O–H groups in total. The standard InChI is InChI=1S/C16H20N2O2/c1-18(16(20)12-7-9-15(19)17-10-12)14-8-6-11-4-2-3-5-13(11)14/h2-5,12,14H,6-10H2,1H3,(H,17,19). The van der Waals surface area contributed by atoms with Gasteiger partial charge in [-0.3, -0.25) is 9.59 Å². The molecule has 3 rings (SSSR count). The van der Waals surface area contributed by atoms with Gasteiger partial charge < -0.3 is 10.2 Å². The minimum atomic E-state index is -0.0644. The second kappa shape index (κ2) is 5.27. The fourth-order valence-corrected chi connectivity index (χ4v) is 3.32. The number of benzene rings is 1. The molecule has 0 radical (unpaired) electrons. The zero-order valence-corrected chi connectivity index (χ0v) is 11.8. The maximum Gasteiger partial charge on any atom is 0.227 e. The largest absolute Gasteiger partial charge is 0.355 e. The summed E-state index contributed by atoms with van der Waals surface area (Å²) in [5.74, 6) is 0.153. The second-order valence-corrected chi connectivity index (χ2v) is 5.74. The van der Waals surface area contributed by atoms with E-state index in [1.165, 1.54) is 11.1 Å². The molecule has 2 aliphatic rings. The Morgan fingerprint density at radius 1 is 1.25 bits per heavy atom. The lowest BCUT2D eigenvalue weighted by Gasteiger charge is -2.31. The maximum absolute atomic E-state index is 12.6. The lowest BCUT2D eigenvalue weighted by atomic mass is 9.96. The van der Waals surface area contributed by atoms with Gasteiger partial charge in [-0.2, -0.15) is 0 Å². The van der Waals surface area contributed by atoms with E-state index in [4.69, 9.17) is 0 Å². The molecule has 20 heavy (non-hydrogen) atoms. The smallest absolute Gasteiger partial charge is 0.227 e. The normalized spacial score (nSPS) is 24.9. The third-order valence-electron chi connectivity index (χ3n) is 4.53. The Morgan fingerprint density at radius 3 is 2.80 bits per heavy atom. The summed E-state index contributed by atoms with van der Waals surface area (Å²) in [5, 5.41) is 2.79. The molecule has 1 saturated heterocycles. The number of amides is 2. The minimum Gasteiger partial charge on any atom is -0.355 e. The van der Waals surface area contributed by atoms with Crippen LogP contribution in [0.3, 0.4) is 0 Å². The summed E-state index contributed by atoms with van der Waals surface area (Å²) in [5.41, 5.74) is 2.64. The number of hydrogen-bond donors (Lipinski definition) is 1. The van der Waals surface area contributed by atoms with E-state index in [2.05, 4.69) is 23.5 Å². The Labute approximate surface area is 119 Å². The monoisotopic (exact) mass is 272 g/mol. The first kappa shape index (κ1) is 13.2. The van der Waals surface area contributed by atoms with Crippen LogP contribution in [-0.4, -0.2) is 30.3 Å². The highest BCUT2D eigenvalue weighted by atomic mass is 16.2. The van der Waals surface area contributed by atoms with Crippen molar-refractivity contribution in [2.45, 2.75) is 31.7 Å². The lowest BCUT2D eigenvalue weighted by Crippen LogP contribution is -2.44. The van der Waals surface area contributed by atoms with E-state index in [0.29, 0.717) is 19.4 Å². The van der Waals surface area contributed by atoms with Crippen molar-refractivity contribution >= 4 is 11.8 Å². The van der Waals surface area contributed by atoms with Crippen LogP contribution in [0.2, 0.25) is 0 Å². The molecule has 0 spiro atoms. The van der Waals surface area contributed by atoms with Crippen LogP contribution in [0.15, 0.2) is 24.3 Å². The van der Waals surface area contributed by atoms with Gasteiger partial charge in [0.05, 0.1) is 12.0 Å². The Hall–Kier alpha value is -1.84. The number of nitrogens with one attached hydrogen (secondary N) is 1. The van der Waals surface area contributed by atoms with E-state index in [-0.39, 0.29) is 23.8 Å². The third-order valence-corrected chi connectivity index (χ3v) is 4.53. The first-order valence-corrected chi connectivity index (χ1v) is 7.28. The summed E-state index contributed by atoms with van der Waals surface area (Å²) < 4.78 is 0. The fraction of sp³-hybridized carbons (Fsp3) is 0.500. The lowest BCUT2D eigenvalue weighted by molar-refractivity contribution is -0.138. The van der Waals surface area contributed by atoms with Crippen LogP contribution in [0, 0.1) is 5.92 Å². The molecule has 1 heterocycles. The molecule has 2 amide bonds. The quantitative estimate of drug-likeness (QED) is 0.890. The van der Waals surface area contributed by atoms with Crippen LogP contribution >= 0.6 is 0 Å². The fourth-order valence-electron chi connectivity index (χ4n) is 3.32. The van der Waals surface area contributed by atoms with Crippen molar-refractivity contribution in [3.05, 3.63) is 35.4 Å². The molecule has 2 unspecified atom stereocenters. The minimum absolute atomic E-state index is 0.0583. The van der Waals surface area contributed by atoms with Crippen molar-refractivity contribution < 1.29 is 9.59 Å². The van der Waals surface area contributed by atoms with E-state index >= 15 is 0 Å². The first-order chi connectivity index (χ1) is 9.66. The van der Waals surface area contributed by atoms with Crippen molar-refractivity contribution in [3.8, 4) is 0 Å². The molecule has 0 bridgehead atoms. The van der Waals surface area contributed by atoms with Crippen molar-refractivity contribution in [1.29, 1.82) is 0 Å². The number of carbonyl (C=O) groups is 2. The molecule has 1 aliphatic carbocycles. The summed E-state index contributed by atoms with van der Waals surface area (Å²) in [7, 11) is 1.89. The Bertz CT molecular complexity index is 531. The number of rotatable bonds is 2. The predicted molar refractivity (Wildman–Crippen MR) is 76.0 cm³/mol. The van der Waals surface area contributed by atoms with E-state index in [1.54, 1.807) is 0 Å². The molecular weight excluding hydrogens is 252 g/mol. The van der Waals surface area contributed by atoms with Gasteiger partial charge in [0.1, 0.15) is 0 Å². The van der Waals surface area contributed by atoms with Crippen LogP contribution in [0.25, 0.3) is 0 Å². The summed E-state index contributed by atoms with van der Waals surface area (Å²) in [6.45, 7) is 0.483. The van der Waals surface area contributed by atoms with Gasteiger partial charge in [0, 0.05) is 20.0 Å². The summed E-state index contributed by atoms with van der Waals surface area (Å²) in [6, 6.07) is 8.56. The average Bonchev–Trinajstić information content (AvgIpc) is 2.90. The number of carbonyl (C=O) groups excluding carboxylic acids is 2. The maximum atomic E-state index is 12.6. The topological polar surface area (TPSA) is 49.4 Å². The van der Waals surface area contributed by atoms with Gasteiger partial charge in [0.15, 0.2) is 0 Å². The Kier molecular flexibility index (Phi) is 3.47. The molecular formula is C16H20N2O2. The third kappa shape index (κ3) is 2.30. The second-order valence-electron chi connectivity index (χ2n) is 5.74. The molecule has 1 aromatic carbocycles. The summed E-state index contributed by atoms with van der Waals surface area (Å²) in [6.07, 6.45) is 3.18. The SMILES string of the molecule is CN(C(=O)C1CCC(=O)NC1)C1CCc2ccccc21. The van der Waals surface area contributed by atoms with E-state index in [9.17, 15) is 9.59 Å². The molecule has 1 aliphatic heterocycles. The van der Waals surface area contributed by atoms with Crippen molar-refractivity contribution in [2.75, 3.05) is 13.6 Å². The molecule has 1 fully saturated rings. The van der Waals surface area contributed by atoms with Crippen LogP contribution < -0.4 is 5.32 Å². The zero-order chi connectivity index (χ0) is 14.1. The zero-order valence-electron chi connectivity index (χ0n) is 11.8. The molecule has 0 aromatic heterocycles. The van der Waals surface area contributed by atoms with Crippen molar-refractivity contribution in [1.82, 2.24) is 10.2 Å². The van der Waals surface area contributed by atoms with E-state index in [1.807, 2.05) is 18.0 Å². The van der Waals surface area contributed by atoms with Gasteiger partial charge in [-0.05, 0) is 30.4 Å². The van der Waals surface area contributed by atoms with E-state index < -0.39 is 0 Å². The summed E-state index contributed by atoms with van der Waals surface area (Å²) >= 11 is 0. The number of nitrogens with zero attached hydrogens (tertiary/aromatic N) is 1. The van der Waals surface area contributed by atoms with Crippen molar-refractivity contribution in [3.63, 3.8) is 0 Å². The van der Waals surface area contributed by atoms with Gasteiger partial charge in [0.25, 0.3) is 0 Å². The molecule has 4 nitrogen and oxygen atoms in total. The van der Waals surface area contributed by atoms with Gasteiger partial charge in [0.2, 0.25) is 11.8 Å². The highest BCUT2D eigenvalue weighted by Gasteiger charge is 2.33. The highest BCUT2D eigenvalue weighted by molar-refractivity contribution is 5.84. The number of hydrogen-bond acceptors (Lipinski definition) is 2. The van der Waals surface area contributed by atoms with Gasteiger partial charge in [-0.25, -0.2) is 0 Å². The molecule has 2 atom stereocenters. The Balaban J connectivity index is 1.72. The molecule has 106 valence electrons. The molecule has 0 saturated carbocycles. The average molecular weight is 272 g/mol. The van der Waals surface area contributed by atoms with Crippen LogP contribution in [0.1, 0.15) is 36.4 Å². The van der Waals surface area contributed by atoms with Crippen LogP contribution in [0.4, 0.5) is 0 Å². The number of aryl methyl sites for hydroxylation is 1. The highest BCUT2D eigenvalue weighted by Crippen LogP contribution is 2.35. The number of fused-ring (bicyclic) bond motifs is 1. The van der Waals surface area contributed by atoms with Gasteiger partial charge in [-0.1, -0.05) is 24.3 Å². The predicted octanol–water partition coefficient (Wildman–Crippen LogP) is 1.66.